The minimum atomic E-state index is -0.740. The molecule has 0 heterocycles. The SMILES string of the molecule is O=C(NC(=S)Nc1cc(Cl)ccc1O)c1ccccc1[N+](=O)[O-]. The van der Waals surface area contributed by atoms with E-state index in [1.54, 1.807) is 0 Å². The molecule has 0 radical (unpaired) electrons. The fourth-order valence-electron chi connectivity index (χ4n) is 1.76. The number of carbonyl (C=O) groups excluding carboxylic acids is 1. The molecule has 9 heteroatoms. The maximum atomic E-state index is 12.1. The Hall–Kier alpha value is -2.71. The molecule has 2 aromatic rings. The highest BCUT2D eigenvalue weighted by Gasteiger charge is 2.20. The van der Waals surface area contributed by atoms with Crippen LogP contribution in [0.2, 0.25) is 5.02 Å². The van der Waals surface area contributed by atoms with Crippen molar-refractivity contribution in [2.24, 2.45) is 0 Å². The number of hydrogen-bond acceptors (Lipinski definition) is 5. The number of benzene rings is 2. The maximum absolute atomic E-state index is 12.1. The van der Waals surface area contributed by atoms with Crippen molar-refractivity contribution in [1.82, 2.24) is 5.32 Å². The standard InChI is InChI=1S/C14H10ClN3O4S/c15-8-5-6-12(19)10(7-8)16-14(23)17-13(20)9-3-1-2-4-11(9)18(21)22/h1-7,19H,(H2,16,17,20,23). The number of phenolic OH excluding ortho intramolecular Hbond substituents is 1. The van der Waals surface area contributed by atoms with E-state index >= 15 is 0 Å². The van der Waals surface area contributed by atoms with Gasteiger partial charge >= 0.3 is 0 Å². The molecule has 0 saturated carbocycles. The summed E-state index contributed by atoms with van der Waals surface area (Å²) in [7, 11) is 0. The van der Waals surface area contributed by atoms with Gasteiger partial charge in [-0.1, -0.05) is 23.7 Å². The first-order chi connectivity index (χ1) is 10.9. The van der Waals surface area contributed by atoms with Crippen LogP contribution in [0.5, 0.6) is 5.75 Å². The second kappa shape index (κ2) is 7.03. The molecule has 0 aliphatic rings. The lowest BCUT2D eigenvalue weighted by Gasteiger charge is -2.11. The molecule has 0 atom stereocenters. The molecule has 2 aromatic carbocycles. The van der Waals surface area contributed by atoms with Crippen molar-refractivity contribution >= 4 is 46.2 Å². The van der Waals surface area contributed by atoms with E-state index in [2.05, 4.69) is 10.6 Å². The van der Waals surface area contributed by atoms with Crippen LogP contribution in [0.15, 0.2) is 42.5 Å². The normalized spacial score (nSPS) is 9.96. The van der Waals surface area contributed by atoms with Crippen molar-refractivity contribution in [3.63, 3.8) is 0 Å². The van der Waals surface area contributed by atoms with Gasteiger partial charge < -0.3 is 10.4 Å². The highest BCUT2D eigenvalue weighted by atomic mass is 35.5. The second-order valence-corrected chi connectivity index (χ2v) is 5.19. The Labute approximate surface area is 141 Å². The topological polar surface area (TPSA) is 104 Å². The molecule has 1 amide bonds. The summed E-state index contributed by atoms with van der Waals surface area (Å²) in [6.07, 6.45) is 0. The molecule has 0 fully saturated rings. The van der Waals surface area contributed by atoms with Crippen molar-refractivity contribution in [2.75, 3.05) is 5.32 Å². The number of phenols is 1. The van der Waals surface area contributed by atoms with E-state index in [0.29, 0.717) is 5.02 Å². The molecule has 0 unspecified atom stereocenters. The average molecular weight is 352 g/mol. The number of anilines is 1. The van der Waals surface area contributed by atoms with Gasteiger partial charge in [-0.15, -0.1) is 0 Å². The van der Waals surface area contributed by atoms with Crippen LogP contribution in [-0.2, 0) is 0 Å². The highest BCUT2D eigenvalue weighted by molar-refractivity contribution is 7.80. The lowest BCUT2D eigenvalue weighted by Crippen LogP contribution is -2.34. The summed E-state index contributed by atoms with van der Waals surface area (Å²) in [6.45, 7) is 0. The molecule has 0 bridgehead atoms. The van der Waals surface area contributed by atoms with Gasteiger partial charge in [-0.25, -0.2) is 0 Å². The number of amides is 1. The fraction of sp³-hybridized carbons (Fsp3) is 0. The van der Waals surface area contributed by atoms with Crippen LogP contribution in [0.3, 0.4) is 0 Å². The number of hydrogen-bond donors (Lipinski definition) is 3. The summed E-state index contributed by atoms with van der Waals surface area (Å²) in [4.78, 5) is 22.3. The predicted molar refractivity (Wildman–Crippen MR) is 89.9 cm³/mol. The third-order valence-electron chi connectivity index (χ3n) is 2.78. The van der Waals surface area contributed by atoms with Gasteiger partial charge in [-0.05, 0) is 36.5 Å². The summed E-state index contributed by atoms with van der Waals surface area (Å²) in [5.74, 6) is -0.854. The number of nitrogens with zero attached hydrogens (tertiary/aromatic N) is 1. The number of thiocarbonyl (C=S) groups is 1. The van der Waals surface area contributed by atoms with Gasteiger partial charge in [0, 0.05) is 11.1 Å². The minimum absolute atomic E-state index is 0.114. The third-order valence-corrected chi connectivity index (χ3v) is 3.22. The first-order valence-electron chi connectivity index (χ1n) is 6.22. The molecular weight excluding hydrogens is 342 g/mol. The monoisotopic (exact) mass is 351 g/mol. The number of halogens is 1. The number of nitro benzene ring substituents is 1. The third kappa shape index (κ3) is 4.15. The molecule has 0 saturated heterocycles. The zero-order valence-electron chi connectivity index (χ0n) is 11.4. The molecule has 23 heavy (non-hydrogen) atoms. The van der Waals surface area contributed by atoms with Gasteiger partial charge in [0.2, 0.25) is 0 Å². The molecule has 7 nitrogen and oxygen atoms in total. The lowest BCUT2D eigenvalue weighted by molar-refractivity contribution is -0.385. The zero-order valence-corrected chi connectivity index (χ0v) is 13.0. The Morgan fingerprint density at radius 1 is 1.26 bits per heavy atom. The smallest absolute Gasteiger partial charge is 0.282 e. The van der Waals surface area contributed by atoms with Crippen LogP contribution in [0.1, 0.15) is 10.4 Å². The van der Waals surface area contributed by atoms with Gasteiger partial charge in [0.1, 0.15) is 11.3 Å². The first-order valence-corrected chi connectivity index (χ1v) is 7.01. The second-order valence-electron chi connectivity index (χ2n) is 4.34. The van der Waals surface area contributed by atoms with E-state index in [9.17, 15) is 20.0 Å². The van der Waals surface area contributed by atoms with Crippen LogP contribution in [0.25, 0.3) is 0 Å². The van der Waals surface area contributed by atoms with Crippen molar-refractivity contribution < 1.29 is 14.8 Å². The van der Waals surface area contributed by atoms with Crippen LogP contribution in [-0.4, -0.2) is 21.0 Å². The molecule has 3 N–H and O–H groups in total. The molecular formula is C14H10ClN3O4S. The van der Waals surface area contributed by atoms with Crippen LogP contribution < -0.4 is 10.6 Å². The fourth-order valence-corrected chi connectivity index (χ4v) is 2.13. The Kier molecular flexibility index (Phi) is 5.09. The van der Waals surface area contributed by atoms with E-state index in [0.717, 1.165) is 0 Å². The molecule has 0 spiro atoms. The molecule has 2 rings (SSSR count). The number of nitrogens with one attached hydrogen (secondary N) is 2. The van der Waals surface area contributed by atoms with E-state index in [1.807, 2.05) is 0 Å². The largest absolute Gasteiger partial charge is 0.506 e. The molecule has 118 valence electrons. The maximum Gasteiger partial charge on any atom is 0.282 e. The number of para-hydroxylation sites is 1. The van der Waals surface area contributed by atoms with Gasteiger partial charge in [0.15, 0.2) is 5.11 Å². The van der Waals surface area contributed by atoms with E-state index < -0.39 is 10.8 Å². The van der Waals surface area contributed by atoms with Gasteiger partial charge in [-0.3, -0.25) is 20.2 Å². The van der Waals surface area contributed by atoms with Crippen LogP contribution >= 0.6 is 23.8 Å². The van der Waals surface area contributed by atoms with Crippen molar-refractivity contribution in [1.29, 1.82) is 0 Å². The number of nitro groups is 1. The lowest BCUT2D eigenvalue weighted by atomic mass is 10.1. The molecule has 0 aliphatic heterocycles. The summed E-state index contributed by atoms with van der Waals surface area (Å²) >= 11 is 10.8. The number of aromatic hydroxyl groups is 1. The van der Waals surface area contributed by atoms with Gasteiger partial charge in [0.25, 0.3) is 11.6 Å². The number of carbonyl (C=O) groups is 1. The zero-order chi connectivity index (χ0) is 17.0. The summed E-state index contributed by atoms with van der Waals surface area (Å²) in [6, 6.07) is 9.74. The predicted octanol–water partition coefficient (Wildman–Crippen LogP) is 3.08. The Balaban J connectivity index is 2.13. The van der Waals surface area contributed by atoms with E-state index in [4.69, 9.17) is 23.8 Å². The van der Waals surface area contributed by atoms with Crippen molar-refractivity contribution in [2.45, 2.75) is 0 Å². The molecule has 0 aromatic heterocycles. The van der Waals surface area contributed by atoms with Crippen LogP contribution in [0.4, 0.5) is 11.4 Å². The average Bonchev–Trinajstić information content (AvgIpc) is 2.50. The Bertz CT molecular complexity index is 797. The molecule has 0 aliphatic carbocycles. The number of rotatable bonds is 3. The van der Waals surface area contributed by atoms with Crippen molar-refractivity contribution in [3.05, 3.63) is 63.2 Å². The van der Waals surface area contributed by atoms with Crippen molar-refractivity contribution in [3.8, 4) is 5.75 Å². The summed E-state index contributed by atoms with van der Waals surface area (Å²) in [5, 5.41) is 25.7. The highest BCUT2D eigenvalue weighted by Crippen LogP contribution is 2.26. The first kappa shape index (κ1) is 16.7. The van der Waals surface area contributed by atoms with Gasteiger partial charge in [0.05, 0.1) is 10.6 Å². The Morgan fingerprint density at radius 2 is 1.96 bits per heavy atom. The Morgan fingerprint density at radius 3 is 2.65 bits per heavy atom. The van der Waals surface area contributed by atoms with E-state index in [1.165, 1.54) is 42.5 Å². The summed E-state index contributed by atoms with van der Waals surface area (Å²) < 4.78 is 0. The van der Waals surface area contributed by atoms with Gasteiger partial charge in [-0.2, -0.15) is 0 Å². The van der Waals surface area contributed by atoms with Crippen LogP contribution in [0, 0.1) is 10.1 Å². The van der Waals surface area contributed by atoms with E-state index in [-0.39, 0.29) is 27.8 Å². The quantitative estimate of drug-likeness (QED) is 0.340. The summed E-state index contributed by atoms with van der Waals surface area (Å²) in [5.41, 5.74) is -0.263. The minimum Gasteiger partial charge on any atom is -0.506 e.